The number of Topliss-reactive ketones (excluding diaryl/α,β-unsaturated/α-hetero) is 1. The fourth-order valence-corrected chi connectivity index (χ4v) is 2.25. The van der Waals surface area contributed by atoms with E-state index in [9.17, 15) is 9.18 Å². The van der Waals surface area contributed by atoms with Crippen LogP contribution in [0.1, 0.15) is 23.2 Å². The average molecular weight is 266 g/mol. The lowest BCUT2D eigenvalue weighted by molar-refractivity contribution is 0.0909. The van der Waals surface area contributed by atoms with Gasteiger partial charge in [0.25, 0.3) is 0 Å². The summed E-state index contributed by atoms with van der Waals surface area (Å²) in [6.45, 7) is 1.97. The van der Waals surface area contributed by atoms with Gasteiger partial charge in [0.2, 0.25) is 0 Å². The molecule has 0 amide bonds. The molecule has 1 heterocycles. The van der Waals surface area contributed by atoms with E-state index in [4.69, 9.17) is 10.5 Å². The van der Waals surface area contributed by atoms with Gasteiger partial charge in [-0.05, 0) is 31.0 Å². The van der Waals surface area contributed by atoms with Crippen molar-refractivity contribution in [2.45, 2.75) is 18.9 Å². The van der Waals surface area contributed by atoms with E-state index in [0.717, 1.165) is 25.9 Å². The van der Waals surface area contributed by atoms with E-state index in [1.807, 2.05) is 0 Å². The van der Waals surface area contributed by atoms with E-state index in [1.165, 1.54) is 19.2 Å². The number of benzene rings is 1. The molecule has 2 N–H and O–H groups in total. The third-order valence-corrected chi connectivity index (χ3v) is 3.47. The quantitative estimate of drug-likeness (QED) is 0.838. The van der Waals surface area contributed by atoms with Crippen molar-refractivity contribution in [2.75, 3.05) is 26.7 Å². The minimum Gasteiger partial charge on any atom is -0.494 e. The first kappa shape index (κ1) is 14.0. The molecule has 1 aliphatic heterocycles. The zero-order valence-corrected chi connectivity index (χ0v) is 11.1. The highest BCUT2D eigenvalue weighted by atomic mass is 19.1. The zero-order valence-electron chi connectivity index (χ0n) is 11.1. The Morgan fingerprint density at radius 1 is 1.47 bits per heavy atom. The molecule has 0 aromatic heterocycles. The zero-order chi connectivity index (χ0) is 13.8. The maximum atomic E-state index is 13.5. The van der Waals surface area contributed by atoms with Crippen molar-refractivity contribution in [3.8, 4) is 5.75 Å². The van der Waals surface area contributed by atoms with Gasteiger partial charge in [0.1, 0.15) is 0 Å². The Balaban J connectivity index is 1.98. The Morgan fingerprint density at radius 2 is 2.16 bits per heavy atom. The van der Waals surface area contributed by atoms with E-state index >= 15 is 0 Å². The Morgan fingerprint density at radius 3 is 2.74 bits per heavy atom. The number of nitrogens with two attached hydrogens (primary N) is 1. The van der Waals surface area contributed by atoms with Gasteiger partial charge >= 0.3 is 0 Å². The van der Waals surface area contributed by atoms with Crippen LogP contribution in [0.2, 0.25) is 0 Å². The molecule has 104 valence electrons. The number of hydrogen-bond donors (Lipinski definition) is 1. The molecule has 1 aliphatic rings. The lowest BCUT2D eigenvalue weighted by Crippen LogP contribution is -2.41. The minimum atomic E-state index is -0.506. The summed E-state index contributed by atoms with van der Waals surface area (Å²) in [5, 5.41) is 0. The van der Waals surface area contributed by atoms with E-state index < -0.39 is 5.82 Å². The number of rotatable bonds is 4. The molecule has 19 heavy (non-hydrogen) atoms. The van der Waals surface area contributed by atoms with Crippen molar-refractivity contribution in [3.63, 3.8) is 0 Å². The molecule has 0 saturated carbocycles. The van der Waals surface area contributed by atoms with Crippen LogP contribution in [0, 0.1) is 5.82 Å². The van der Waals surface area contributed by atoms with Crippen LogP contribution in [0.3, 0.4) is 0 Å². The van der Waals surface area contributed by atoms with Crippen molar-refractivity contribution >= 4 is 5.78 Å². The Bertz CT molecular complexity index is 457. The van der Waals surface area contributed by atoms with Gasteiger partial charge in [0.15, 0.2) is 17.3 Å². The SMILES string of the molecule is COc1ccc(C(=O)CN2CCC(N)CC2)cc1F. The average Bonchev–Trinajstić information content (AvgIpc) is 2.41. The Hall–Kier alpha value is -1.46. The molecule has 5 heteroatoms. The molecule has 1 aromatic rings. The molecule has 2 rings (SSSR count). The smallest absolute Gasteiger partial charge is 0.176 e. The van der Waals surface area contributed by atoms with Crippen LogP contribution in [0.4, 0.5) is 4.39 Å². The monoisotopic (exact) mass is 266 g/mol. The Labute approximate surface area is 112 Å². The second kappa shape index (κ2) is 6.12. The molecular formula is C14H19FN2O2. The molecule has 0 spiro atoms. The number of piperidine rings is 1. The summed E-state index contributed by atoms with van der Waals surface area (Å²) in [6, 6.07) is 4.55. The third-order valence-electron chi connectivity index (χ3n) is 3.47. The molecule has 1 saturated heterocycles. The normalized spacial score (nSPS) is 17.4. The van der Waals surface area contributed by atoms with Gasteiger partial charge in [-0.25, -0.2) is 4.39 Å². The number of halogens is 1. The fraction of sp³-hybridized carbons (Fsp3) is 0.500. The molecule has 0 atom stereocenters. The van der Waals surface area contributed by atoms with Crippen molar-refractivity contribution in [2.24, 2.45) is 5.73 Å². The van der Waals surface area contributed by atoms with Crippen molar-refractivity contribution in [1.82, 2.24) is 4.90 Å². The first-order valence-electron chi connectivity index (χ1n) is 6.45. The number of hydrogen-bond acceptors (Lipinski definition) is 4. The van der Waals surface area contributed by atoms with Gasteiger partial charge in [-0.1, -0.05) is 0 Å². The van der Waals surface area contributed by atoms with Crippen LogP contribution in [0.15, 0.2) is 18.2 Å². The molecule has 4 nitrogen and oxygen atoms in total. The standard InChI is InChI=1S/C14H19FN2O2/c1-19-14-3-2-10(8-12(14)15)13(18)9-17-6-4-11(16)5-7-17/h2-3,8,11H,4-7,9,16H2,1H3. The third kappa shape index (κ3) is 3.52. The lowest BCUT2D eigenvalue weighted by atomic mass is 10.0. The lowest BCUT2D eigenvalue weighted by Gasteiger charge is -2.29. The first-order valence-corrected chi connectivity index (χ1v) is 6.45. The second-order valence-electron chi connectivity index (χ2n) is 4.89. The van der Waals surface area contributed by atoms with E-state index in [2.05, 4.69) is 4.90 Å². The summed E-state index contributed by atoms with van der Waals surface area (Å²) in [7, 11) is 1.40. The topological polar surface area (TPSA) is 55.6 Å². The molecule has 0 aliphatic carbocycles. The summed E-state index contributed by atoms with van der Waals surface area (Å²) >= 11 is 0. The predicted molar refractivity (Wildman–Crippen MR) is 70.9 cm³/mol. The maximum Gasteiger partial charge on any atom is 0.176 e. The summed E-state index contributed by atoms with van der Waals surface area (Å²) in [5.74, 6) is -0.425. The summed E-state index contributed by atoms with van der Waals surface area (Å²) < 4.78 is 18.4. The van der Waals surface area contributed by atoms with E-state index in [1.54, 1.807) is 6.07 Å². The van der Waals surface area contributed by atoms with E-state index in [-0.39, 0.29) is 17.6 Å². The number of ketones is 1. The maximum absolute atomic E-state index is 13.5. The summed E-state index contributed by atoms with van der Waals surface area (Å²) in [4.78, 5) is 14.1. The highest BCUT2D eigenvalue weighted by molar-refractivity contribution is 5.97. The van der Waals surface area contributed by atoms with Crippen LogP contribution in [-0.2, 0) is 0 Å². The van der Waals surface area contributed by atoms with Crippen LogP contribution in [0.5, 0.6) is 5.75 Å². The van der Waals surface area contributed by atoms with Crippen molar-refractivity contribution < 1.29 is 13.9 Å². The van der Waals surface area contributed by atoms with Gasteiger partial charge in [0.05, 0.1) is 13.7 Å². The van der Waals surface area contributed by atoms with Gasteiger partial charge in [-0.3, -0.25) is 9.69 Å². The molecule has 1 fully saturated rings. The number of ether oxygens (including phenoxy) is 1. The summed E-state index contributed by atoms with van der Waals surface area (Å²) in [6.07, 6.45) is 1.81. The second-order valence-corrected chi connectivity index (χ2v) is 4.89. The molecular weight excluding hydrogens is 247 g/mol. The summed E-state index contributed by atoms with van der Waals surface area (Å²) in [5.41, 5.74) is 6.20. The van der Waals surface area contributed by atoms with Crippen LogP contribution in [-0.4, -0.2) is 43.5 Å². The number of nitrogens with zero attached hydrogens (tertiary/aromatic N) is 1. The highest BCUT2D eigenvalue weighted by Gasteiger charge is 2.19. The number of carbonyl (C=O) groups excluding carboxylic acids is 1. The molecule has 0 bridgehead atoms. The highest BCUT2D eigenvalue weighted by Crippen LogP contribution is 2.18. The fourth-order valence-electron chi connectivity index (χ4n) is 2.25. The molecule has 0 unspecified atom stereocenters. The van der Waals surface area contributed by atoms with E-state index in [0.29, 0.717) is 12.1 Å². The Kier molecular flexibility index (Phi) is 4.50. The van der Waals surface area contributed by atoms with Crippen molar-refractivity contribution in [1.29, 1.82) is 0 Å². The minimum absolute atomic E-state index is 0.0722. The van der Waals surface area contributed by atoms with Gasteiger partial charge in [-0.2, -0.15) is 0 Å². The predicted octanol–water partition coefficient (Wildman–Crippen LogP) is 1.44. The molecule has 1 aromatic carbocycles. The van der Waals surface area contributed by atoms with Crippen LogP contribution >= 0.6 is 0 Å². The number of carbonyl (C=O) groups is 1. The van der Waals surface area contributed by atoms with Crippen molar-refractivity contribution in [3.05, 3.63) is 29.6 Å². The van der Waals surface area contributed by atoms with Gasteiger partial charge in [0, 0.05) is 24.7 Å². The van der Waals surface area contributed by atoms with Gasteiger partial charge in [-0.15, -0.1) is 0 Å². The number of methoxy groups -OCH3 is 1. The number of likely N-dealkylation sites (tertiary alicyclic amines) is 1. The van der Waals surface area contributed by atoms with Crippen LogP contribution in [0.25, 0.3) is 0 Å². The first-order chi connectivity index (χ1) is 9.10. The van der Waals surface area contributed by atoms with Gasteiger partial charge < -0.3 is 10.5 Å². The molecule has 0 radical (unpaired) electrons. The largest absolute Gasteiger partial charge is 0.494 e. The van der Waals surface area contributed by atoms with Crippen LogP contribution < -0.4 is 10.5 Å².